The number of nitrogens with one attached hydrogen (secondary N) is 3. The number of hydrogen-bond acceptors (Lipinski definition) is 6. The van der Waals surface area contributed by atoms with Crippen LogP contribution in [0.2, 0.25) is 0 Å². The lowest BCUT2D eigenvalue weighted by Crippen LogP contribution is -2.28. The Morgan fingerprint density at radius 2 is 1.92 bits per heavy atom. The van der Waals surface area contributed by atoms with Crippen LogP contribution in [0.4, 0.5) is 5.69 Å². The number of rotatable bonds is 5. The van der Waals surface area contributed by atoms with Crippen LogP contribution in [0.25, 0.3) is 55.0 Å². The number of fused-ring (bicyclic) bond motifs is 2. The molecule has 1 aliphatic carbocycles. The van der Waals surface area contributed by atoms with Crippen molar-refractivity contribution < 1.29 is 4.79 Å². The zero-order valence-electron chi connectivity index (χ0n) is 19.2. The smallest absolute Gasteiger partial charge is 0.227 e. The van der Waals surface area contributed by atoms with Crippen LogP contribution in [0, 0.1) is 5.92 Å². The molecule has 9 heteroatoms. The van der Waals surface area contributed by atoms with Gasteiger partial charge in [-0.05, 0) is 48.6 Å². The van der Waals surface area contributed by atoms with E-state index in [4.69, 9.17) is 0 Å². The summed E-state index contributed by atoms with van der Waals surface area (Å²) in [7, 11) is 0. The number of H-pyrrole nitrogens is 2. The molecule has 1 fully saturated rings. The summed E-state index contributed by atoms with van der Waals surface area (Å²) in [5, 5.41) is 14.6. The van der Waals surface area contributed by atoms with Gasteiger partial charge >= 0.3 is 0 Å². The first kappa shape index (κ1) is 21.0. The number of aromatic nitrogens is 6. The van der Waals surface area contributed by atoms with Gasteiger partial charge in [0, 0.05) is 51.9 Å². The molecule has 0 radical (unpaired) electrons. The number of thiophene rings is 1. The van der Waals surface area contributed by atoms with Crippen molar-refractivity contribution in [3.8, 4) is 33.1 Å². The topological polar surface area (TPSA) is 112 Å². The Balaban J connectivity index is 1.26. The molecular formula is C27H21N7OS. The van der Waals surface area contributed by atoms with Gasteiger partial charge in [-0.2, -0.15) is 5.10 Å². The lowest BCUT2D eigenvalue weighted by molar-refractivity contribution is -0.122. The number of aromatic amines is 2. The van der Waals surface area contributed by atoms with Crippen molar-refractivity contribution in [3.63, 3.8) is 0 Å². The van der Waals surface area contributed by atoms with Gasteiger partial charge in [-0.1, -0.05) is 12.5 Å². The maximum atomic E-state index is 12.4. The van der Waals surface area contributed by atoms with Crippen LogP contribution >= 0.6 is 11.3 Å². The van der Waals surface area contributed by atoms with Crippen molar-refractivity contribution in [2.45, 2.75) is 19.3 Å². The first-order valence-corrected chi connectivity index (χ1v) is 12.7. The van der Waals surface area contributed by atoms with Crippen molar-refractivity contribution >= 4 is 44.9 Å². The Morgan fingerprint density at radius 1 is 1.00 bits per heavy atom. The molecule has 0 spiro atoms. The molecule has 6 aromatic heterocycles. The molecule has 0 aromatic carbocycles. The third-order valence-electron chi connectivity index (χ3n) is 6.79. The molecule has 1 amide bonds. The van der Waals surface area contributed by atoms with E-state index < -0.39 is 0 Å². The van der Waals surface area contributed by atoms with Gasteiger partial charge in [-0.25, -0.2) is 4.98 Å². The summed E-state index contributed by atoms with van der Waals surface area (Å²) < 4.78 is 0. The van der Waals surface area contributed by atoms with E-state index in [1.165, 1.54) is 0 Å². The monoisotopic (exact) mass is 491 g/mol. The number of carbonyl (C=O) groups excluding carboxylic acids is 1. The number of hydrogen-bond donors (Lipinski definition) is 3. The quantitative estimate of drug-likeness (QED) is 0.273. The fourth-order valence-electron chi connectivity index (χ4n) is 4.64. The molecule has 8 nitrogen and oxygen atoms in total. The maximum absolute atomic E-state index is 12.4. The van der Waals surface area contributed by atoms with Crippen molar-refractivity contribution in [2.75, 3.05) is 5.32 Å². The van der Waals surface area contributed by atoms with Crippen LogP contribution in [0.15, 0.2) is 66.6 Å². The average Bonchev–Trinajstić information content (AvgIpc) is 3.61. The first-order chi connectivity index (χ1) is 17.7. The molecule has 6 aromatic rings. The van der Waals surface area contributed by atoms with Gasteiger partial charge in [0.05, 0.1) is 28.1 Å². The highest BCUT2D eigenvalue weighted by Crippen LogP contribution is 2.35. The minimum Gasteiger partial charge on any atom is -0.353 e. The predicted octanol–water partition coefficient (Wildman–Crippen LogP) is 6.03. The Kier molecular flexibility index (Phi) is 4.88. The molecule has 176 valence electrons. The summed E-state index contributed by atoms with van der Waals surface area (Å²) in [4.78, 5) is 30.6. The van der Waals surface area contributed by atoms with Crippen LogP contribution in [0.3, 0.4) is 0 Å². The van der Waals surface area contributed by atoms with Crippen molar-refractivity contribution in [2.24, 2.45) is 5.92 Å². The molecule has 1 saturated carbocycles. The highest BCUT2D eigenvalue weighted by molar-refractivity contribution is 7.13. The molecule has 36 heavy (non-hydrogen) atoms. The standard InChI is InChI=1S/C27H21N7OS/c35-27(15-3-1-4-15)31-18-9-16(12-28-14-18)17-10-20-24(33-34-26(20)30-13-17)22-11-19-21(32-22)6-7-29-25(19)23-5-2-8-36-23/h2,5-15,32H,1,3-4H2,(H,31,35)(H,30,33,34). The molecule has 0 atom stereocenters. The Morgan fingerprint density at radius 3 is 2.75 bits per heavy atom. The second-order valence-electron chi connectivity index (χ2n) is 9.05. The largest absolute Gasteiger partial charge is 0.353 e. The number of carbonyl (C=O) groups is 1. The SMILES string of the molecule is O=C(Nc1cncc(-c2cnc3[nH]nc(-c4cc5c(-c6cccs6)nccc5[nH]4)c3c2)c1)C1CCC1. The highest BCUT2D eigenvalue weighted by atomic mass is 32.1. The lowest BCUT2D eigenvalue weighted by Gasteiger charge is -2.24. The fourth-order valence-corrected chi connectivity index (χ4v) is 5.37. The second kappa shape index (κ2) is 8.39. The van der Waals surface area contributed by atoms with E-state index >= 15 is 0 Å². The minimum absolute atomic E-state index is 0.0705. The second-order valence-corrected chi connectivity index (χ2v) is 10.0. The molecule has 0 saturated heterocycles. The van der Waals surface area contributed by atoms with Gasteiger partial charge in [-0.3, -0.25) is 19.9 Å². The number of amides is 1. The van der Waals surface area contributed by atoms with Crippen molar-refractivity contribution in [1.29, 1.82) is 0 Å². The van der Waals surface area contributed by atoms with E-state index in [9.17, 15) is 4.79 Å². The van der Waals surface area contributed by atoms with E-state index in [0.717, 1.165) is 68.6 Å². The summed E-state index contributed by atoms with van der Waals surface area (Å²) in [5.74, 6) is 0.188. The van der Waals surface area contributed by atoms with Gasteiger partial charge in [0.2, 0.25) is 5.91 Å². The predicted molar refractivity (Wildman–Crippen MR) is 141 cm³/mol. The Bertz CT molecular complexity index is 1730. The van der Waals surface area contributed by atoms with E-state index in [0.29, 0.717) is 11.3 Å². The zero-order chi connectivity index (χ0) is 24.1. The highest BCUT2D eigenvalue weighted by Gasteiger charge is 2.25. The molecule has 0 aliphatic heterocycles. The third-order valence-corrected chi connectivity index (χ3v) is 7.67. The minimum atomic E-state index is 0.0705. The van der Waals surface area contributed by atoms with Crippen LogP contribution < -0.4 is 5.32 Å². The van der Waals surface area contributed by atoms with Gasteiger partial charge in [0.1, 0.15) is 5.69 Å². The normalized spacial score (nSPS) is 13.8. The molecule has 0 unspecified atom stereocenters. The number of pyridine rings is 3. The summed E-state index contributed by atoms with van der Waals surface area (Å²) in [6.45, 7) is 0. The molecular weight excluding hydrogens is 470 g/mol. The summed E-state index contributed by atoms with van der Waals surface area (Å²) in [5.41, 5.74) is 6.81. The van der Waals surface area contributed by atoms with E-state index in [1.54, 1.807) is 29.9 Å². The third kappa shape index (κ3) is 3.56. The molecule has 1 aliphatic rings. The van der Waals surface area contributed by atoms with Crippen LogP contribution in [0.5, 0.6) is 0 Å². The van der Waals surface area contributed by atoms with E-state index in [-0.39, 0.29) is 11.8 Å². The maximum Gasteiger partial charge on any atom is 0.227 e. The number of anilines is 1. The van der Waals surface area contributed by atoms with Crippen molar-refractivity contribution in [1.82, 2.24) is 30.1 Å². The van der Waals surface area contributed by atoms with Crippen molar-refractivity contribution in [3.05, 3.63) is 66.6 Å². The molecule has 6 heterocycles. The van der Waals surface area contributed by atoms with Crippen LogP contribution in [-0.4, -0.2) is 36.0 Å². The van der Waals surface area contributed by atoms with Crippen LogP contribution in [0.1, 0.15) is 19.3 Å². The number of nitrogens with zero attached hydrogens (tertiary/aromatic N) is 4. The van der Waals surface area contributed by atoms with Gasteiger partial charge in [0.25, 0.3) is 0 Å². The Labute approximate surface area is 209 Å². The van der Waals surface area contributed by atoms with Gasteiger partial charge < -0.3 is 10.3 Å². The van der Waals surface area contributed by atoms with Gasteiger partial charge in [-0.15, -0.1) is 11.3 Å². The van der Waals surface area contributed by atoms with Crippen LogP contribution in [-0.2, 0) is 4.79 Å². The molecule has 7 rings (SSSR count). The lowest BCUT2D eigenvalue weighted by atomic mass is 9.85. The fraction of sp³-hybridized carbons (Fsp3) is 0.148. The first-order valence-electron chi connectivity index (χ1n) is 11.9. The molecule has 0 bridgehead atoms. The van der Waals surface area contributed by atoms with E-state index in [2.05, 4.69) is 59.0 Å². The van der Waals surface area contributed by atoms with Gasteiger partial charge in [0.15, 0.2) is 5.65 Å². The zero-order valence-corrected chi connectivity index (χ0v) is 20.0. The molecule has 3 N–H and O–H groups in total. The average molecular weight is 492 g/mol. The summed E-state index contributed by atoms with van der Waals surface area (Å²) >= 11 is 1.67. The summed E-state index contributed by atoms with van der Waals surface area (Å²) in [6, 6.07) is 12.2. The van der Waals surface area contributed by atoms with E-state index in [1.807, 2.05) is 24.4 Å². The summed E-state index contributed by atoms with van der Waals surface area (Å²) in [6.07, 6.45) is 10.1. The Hall–Kier alpha value is -4.37.